The molecule has 0 aromatic heterocycles. The number of carbonyl (C=O) groups excluding carboxylic acids is 2. The summed E-state index contributed by atoms with van der Waals surface area (Å²) in [7, 11) is -4.14. The second-order valence-corrected chi connectivity index (χ2v) is 11.9. The Kier molecular flexibility index (Phi) is 10.5. The first-order chi connectivity index (χ1) is 18.9. The predicted molar refractivity (Wildman–Crippen MR) is 156 cm³/mol. The van der Waals surface area contributed by atoms with E-state index in [1.54, 1.807) is 50.2 Å². The standard InChI is InChI=1S/C31H38FN3O4S/c1-6-7-18-33-31(37)25(5)34(20-26-11-13-27(32)14-12-26)30(36)21-35(29-17-10-23(3)19-24(29)4)40(38,39)28-15-8-22(2)9-16-28/h8-17,19,25H,6-7,18,20-21H2,1-5H3,(H,33,37)/t25-/m0/s1. The third kappa shape index (κ3) is 7.69. The Hall–Kier alpha value is -3.72. The van der Waals surface area contributed by atoms with Crippen LogP contribution in [0.3, 0.4) is 0 Å². The molecule has 1 N–H and O–H groups in total. The molecule has 7 nitrogen and oxygen atoms in total. The van der Waals surface area contributed by atoms with Crippen molar-refractivity contribution in [2.45, 2.75) is 64.9 Å². The number of benzene rings is 3. The monoisotopic (exact) mass is 567 g/mol. The van der Waals surface area contributed by atoms with Crippen molar-refractivity contribution < 1.29 is 22.4 Å². The number of sulfonamides is 1. The number of aryl methyl sites for hydroxylation is 3. The molecular weight excluding hydrogens is 529 g/mol. The molecule has 214 valence electrons. The largest absolute Gasteiger partial charge is 0.354 e. The maximum Gasteiger partial charge on any atom is 0.264 e. The summed E-state index contributed by atoms with van der Waals surface area (Å²) >= 11 is 0. The summed E-state index contributed by atoms with van der Waals surface area (Å²) in [5.41, 5.74) is 3.54. The average molecular weight is 568 g/mol. The first kappa shape index (κ1) is 30.8. The lowest BCUT2D eigenvalue weighted by Crippen LogP contribution is -2.51. The van der Waals surface area contributed by atoms with Crippen LogP contribution in [0.4, 0.5) is 10.1 Å². The highest BCUT2D eigenvalue weighted by molar-refractivity contribution is 7.92. The summed E-state index contributed by atoms with van der Waals surface area (Å²) in [6.45, 7) is 9.14. The van der Waals surface area contributed by atoms with Gasteiger partial charge in [0.15, 0.2) is 0 Å². The van der Waals surface area contributed by atoms with Crippen LogP contribution in [0.25, 0.3) is 0 Å². The van der Waals surface area contributed by atoms with Gasteiger partial charge in [-0.1, -0.05) is 60.9 Å². The van der Waals surface area contributed by atoms with Gasteiger partial charge in [-0.05, 0) is 75.6 Å². The number of carbonyl (C=O) groups is 2. The highest BCUT2D eigenvalue weighted by Crippen LogP contribution is 2.28. The minimum Gasteiger partial charge on any atom is -0.354 e. The lowest BCUT2D eigenvalue weighted by atomic mass is 10.1. The van der Waals surface area contributed by atoms with E-state index >= 15 is 0 Å². The van der Waals surface area contributed by atoms with Gasteiger partial charge >= 0.3 is 0 Å². The predicted octanol–water partition coefficient (Wildman–Crippen LogP) is 5.28. The van der Waals surface area contributed by atoms with Crippen LogP contribution in [-0.4, -0.2) is 44.3 Å². The fraction of sp³-hybridized carbons (Fsp3) is 0.355. The fourth-order valence-electron chi connectivity index (χ4n) is 4.34. The minimum absolute atomic E-state index is 0.00672. The van der Waals surface area contributed by atoms with Gasteiger partial charge in [0.2, 0.25) is 11.8 Å². The Morgan fingerprint density at radius 2 is 1.55 bits per heavy atom. The van der Waals surface area contributed by atoms with Crippen molar-refractivity contribution in [3.63, 3.8) is 0 Å². The Morgan fingerprint density at radius 3 is 2.15 bits per heavy atom. The molecule has 0 saturated heterocycles. The molecule has 0 saturated carbocycles. The fourth-order valence-corrected chi connectivity index (χ4v) is 5.82. The Morgan fingerprint density at radius 1 is 0.925 bits per heavy atom. The molecule has 1 atom stereocenters. The van der Waals surface area contributed by atoms with Crippen molar-refractivity contribution in [2.24, 2.45) is 0 Å². The van der Waals surface area contributed by atoms with Crippen LogP contribution in [0.5, 0.6) is 0 Å². The third-order valence-electron chi connectivity index (χ3n) is 6.77. The summed E-state index contributed by atoms with van der Waals surface area (Å²) in [5, 5.41) is 2.85. The Labute approximate surface area is 237 Å². The van der Waals surface area contributed by atoms with E-state index in [0.717, 1.165) is 28.3 Å². The van der Waals surface area contributed by atoms with Crippen LogP contribution < -0.4 is 9.62 Å². The minimum atomic E-state index is -4.14. The van der Waals surface area contributed by atoms with Crippen molar-refractivity contribution in [3.05, 3.63) is 94.8 Å². The van der Waals surface area contributed by atoms with Gasteiger partial charge in [0.05, 0.1) is 10.6 Å². The van der Waals surface area contributed by atoms with Crippen molar-refractivity contribution in [1.82, 2.24) is 10.2 Å². The zero-order valence-corrected chi connectivity index (χ0v) is 24.6. The first-order valence-corrected chi connectivity index (χ1v) is 14.9. The normalized spacial score (nSPS) is 12.1. The molecule has 0 bridgehead atoms. The summed E-state index contributed by atoms with van der Waals surface area (Å²) in [6.07, 6.45) is 1.69. The molecule has 0 radical (unpaired) electrons. The highest BCUT2D eigenvalue weighted by atomic mass is 32.2. The number of halogens is 1. The van der Waals surface area contributed by atoms with Crippen LogP contribution in [0.1, 0.15) is 48.9 Å². The van der Waals surface area contributed by atoms with Gasteiger partial charge in [-0.2, -0.15) is 0 Å². The molecule has 0 fully saturated rings. The second-order valence-electron chi connectivity index (χ2n) is 10.1. The highest BCUT2D eigenvalue weighted by Gasteiger charge is 2.33. The number of amides is 2. The summed E-state index contributed by atoms with van der Waals surface area (Å²) in [5.74, 6) is -1.32. The summed E-state index contributed by atoms with van der Waals surface area (Å²) < 4.78 is 42.6. The molecule has 0 aliphatic rings. The molecule has 40 heavy (non-hydrogen) atoms. The number of unbranched alkanes of at least 4 members (excludes halogenated alkanes) is 1. The molecule has 0 spiro atoms. The van der Waals surface area contributed by atoms with E-state index in [0.29, 0.717) is 23.4 Å². The molecule has 0 heterocycles. The molecular formula is C31H38FN3O4S. The maximum atomic E-state index is 14.0. The van der Waals surface area contributed by atoms with Gasteiger partial charge in [0, 0.05) is 13.1 Å². The van der Waals surface area contributed by atoms with Gasteiger partial charge < -0.3 is 10.2 Å². The van der Waals surface area contributed by atoms with Crippen molar-refractivity contribution in [2.75, 3.05) is 17.4 Å². The van der Waals surface area contributed by atoms with E-state index < -0.39 is 34.3 Å². The number of nitrogens with one attached hydrogen (secondary N) is 1. The van der Waals surface area contributed by atoms with Crippen molar-refractivity contribution >= 4 is 27.5 Å². The zero-order chi connectivity index (χ0) is 29.4. The molecule has 0 aliphatic carbocycles. The molecule has 0 aliphatic heterocycles. The maximum absolute atomic E-state index is 14.0. The van der Waals surface area contributed by atoms with Crippen LogP contribution in [-0.2, 0) is 26.2 Å². The van der Waals surface area contributed by atoms with E-state index in [1.165, 1.54) is 29.2 Å². The Balaban J connectivity index is 2.03. The van der Waals surface area contributed by atoms with Gasteiger partial charge in [-0.15, -0.1) is 0 Å². The first-order valence-electron chi connectivity index (χ1n) is 13.4. The topological polar surface area (TPSA) is 86.8 Å². The van der Waals surface area contributed by atoms with E-state index in [2.05, 4.69) is 5.32 Å². The van der Waals surface area contributed by atoms with Gasteiger partial charge in [0.1, 0.15) is 18.4 Å². The molecule has 3 aromatic carbocycles. The van der Waals surface area contributed by atoms with Crippen LogP contribution in [0, 0.1) is 26.6 Å². The van der Waals surface area contributed by atoms with Crippen LogP contribution in [0.2, 0.25) is 0 Å². The lowest BCUT2D eigenvalue weighted by Gasteiger charge is -2.32. The smallest absolute Gasteiger partial charge is 0.264 e. The van der Waals surface area contributed by atoms with E-state index in [1.807, 2.05) is 26.8 Å². The van der Waals surface area contributed by atoms with Gasteiger partial charge in [-0.3, -0.25) is 13.9 Å². The van der Waals surface area contributed by atoms with Crippen LogP contribution in [0.15, 0.2) is 71.6 Å². The number of nitrogens with zero attached hydrogens (tertiary/aromatic N) is 2. The van der Waals surface area contributed by atoms with Gasteiger partial charge in [-0.25, -0.2) is 12.8 Å². The average Bonchev–Trinajstić information content (AvgIpc) is 2.91. The number of rotatable bonds is 12. The molecule has 0 unspecified atom stereocenters. The number of hydrogen-bond donors (Lipinski definition) is 1. The quantitative estimate of drug-likeness (QED) is 0.302. The van der Waals surface area contributed by atoms with E-state index in [4.69, 9.17) is 0 Å². The van der Waals surface area contributed by atoms with E-state index in [9.17, 15) is 22.4 Å². The molecule has 3 aromatic rings. The SMILES string of the molecule is CCCCNC(=O)[C@H](C)N(Cc1ccc(F)cc1)C(=O)CN(c1ccc(C)cc1C)S(=O)(=O)c1ccc(C)cc1. The molecule has 2 amide bonds. The van der Waals surface area contributed by atoms with Gasteiger partial charge in [0.25, 0.3) is 10.0 Å². The summed E-state index contributed by atoms with van der Waals surface area (Å²) in [4.78, 5) is 28.4. The summed E-state index contributed by atoms with van der Waals surface area (Å²) in [6, 6.07) is 16.6. The molecule has 3 rings (SSSR count). The molecule has 9 heteroatoms. The van der Waals surface area contributed by atoms with Crippen molar-refractivity contribution in [1.29, 1.82) is 0 Å². The third-order valence-corrected chi connectivity index (χ3v) is 8.55. The van der Waals surface area contributed by atoms with Crippen LogP contribution >= 0.6 is 0 Å². The lowest BCUT2D eigenvalue weighted by molar-refractivity contribution is -0.139. The Bertz CT molecular complexity index is 1420. The van der Waals surface area contributed by atoms with E-state index in [-0.39, 0.29) is 17.3 Å². The zero-order valence-electron chi connectivity index (χ0n) is 23.8. The second kappa shape index (κ2) is 13.6. The van der Waals surface area contributed by atoms with Crippen molar-refractivity contribution in [3.8, 4) is 0 Å². The number of anilines is 1. The number of hydrogen-bond acceptors (Lipinski definition) is 4.